The minimum Gasteiger partial charge on any atom is -0.465 e. The molecule has 2 unspecified atom stereocenters. The number of anilines is 1. The van der Waals surface area contributed by atoms with Gasteiger partial charge in [-0.15, -0.1) is 0 Å². The highest BCUT2D eigenvalue weighted by Gasteiger charge is 2.48. The Morgan fingerprint density at radius 3 is 2.45 bits per heavy atom. The van der Waals surface area contributed by atoms with Crippen LogP contribution in [0.2, 0.25) is 0 Å². The van der Waals surface area contributed by atoms with E-state index in [-0.39, 0.29) is 18.7 Å². The van der Waals surface area contributed by atoms with E-state index in [0.717, 1.165) is 5.56 Å². The number of amides is 1. The lowest BCUT2D eigenvalue weighted by Gasteiger charge is -2.38. The van der Waals surface area contributed by atoms with Gasteiger partial charge in [-0.3, -0.25) is 14.5 Å². The number of halogens is 1. The fraction of sp³-hybridized carbons (Fsp3) is 0.192. The third-order valence-corrected chi connectivity index (χ3v) is 5.89. The summed E-state index contributed by atoms with van der Waals surface area (Å²) in [5.41, 5.74) is 2.49. The number of carbonyl (C=O) groups excluding carboxylic acids is 2. The number of imidazole rings is 1. The third kappa shape index (κ3) is 3.55. The number of aromatic nitrogens is 2. The first-order valence-corrected chi connectivity index (χ1v) is 10.8. The smallest absolute Gasteiger partial charge is 0.321 e. The molecule has 1 aliphatic rings. The van der Waals surface area contributed by atoms with Crippen molar-refractivity contribution in [2.75, 3.05) is 11.5 Å². The number of fused-ring (bicyclic) bond motifs is 3. The lowest BCUT2D eigenvalue weighted by molar-refractivity contribution is -0.153. The summed E-state index contributed by atoms with van der Waals surface area (Å²) in [6.07, 6.45) is 0. The Bertz CT molecular complexity index is 1340. The van der Waals surface area contributed by atoms with Gasteiger partial charge in [0.05, 0.1) is 30.2 Å². The Kier molecular flexibility index (Phi) is 5.38. The maximum Gasteiger partial charge on any atom is 0.321 e. The van der Waals surface area contributed by atoms with E-state index < -0.39 is 29.7 Å². The monoisotopic (exact) mass is 443 g/mol. The second-order valence-electron chi connectivity index (χ2n) is 7.88. The molecule has 0 bridgehead atoms. The van der Waals surface area contributed by atoms with Crippen LogP contribution in [-0.4, -0.2) is 28.0 Å². The van der Waals surface area contributed by atoms with E-state index in [1.807, 2.05) is 54.6 Å². The van der Waals surface area contributed by atoms with Gasteiger partial charge in [0, 0.05) is 5.56 Å². The molecule has 2 heterocycles. The summed E-state index contributed by atoms with van der Waals surface area (Å²) in [5.74, 6) is -2.52. The number of rotatable bonds is 5. The molecule has 0 saturated heterocycles. The van der Waals surface area contributed by atoms with E-state index in [9.17, 15) is 9.59 Å². The van der Waals surface area contributed by atoms with E-state index >= 15 is 4.39 Å². The van der Waals surface area contributed by atoms with Crippen molar-refractivity contribution >= 4 is 28.9 Å². The van der Waals surface area contributed by atoms with Gasteiger partial charge in [-0.25, -0.2) is 9.37 Å². The number of nitrogens with zero attached hydrogens (tertiary/aromatic N) is 3. The van der Waals surface area contributed by atoms with Crippen LogP contribution in [0.1, 0.15) is 24.1 Å². The number of esters is 1. The van der Waals surface area contributed by atoms with Crippen LogP contribution in [0.15, 0.2) is 78.9 Å². The first kappa shape index (κ1) is 20.9. The van der Waals surface area contributed by atoms with Gasteiger partial charge in [-0.05, 0) is 30.7 Å². The highest BCUT2D eigenvalue weighted by Crippen LogP contribution is 2.42. The Labute approximate surface area is 190 Å². The summed E-state index contributed by atoms with van der Waals surface area (Å²) >= 11 is 0. The molecule has 33 heavy (non-hydrogen) atoms. The van der Waals surface area contributed by atoms with Crippen LogP contribution in [0, 0.1) is 11.7 Å². The molecule has 5 rings (SSSR count). The molecule has 0 aliphatic carbocycles. The summed E-state index contributed by atoms with van der Waals surface area (Å²) in [6, 6.07) is 22.2. The minimum atomic E-state index is -1.25. The fourth-order valence-electron chi connectivity index (χ4n) is 4.46. The number of hydrogen-bond acceptors (Lipinski definition) is 4. The largest absolute Gasteiger partial charge is 0.465 e. The molecular weight excluding hydrogens is 421 g/mol. The van der Waals surface area contributed by atoms with E-state index in [1.54, 1.807) is 29.7 Å². The van der Waals surface area contributed by atoms with Gasteiger partial charge in [-0.1, -0.05) is 60.7 Å². The maximum atomic E-state index is 15.1. The van der Waals surface area contributed by atoms with Crippen LogP contribution in [0.3, 0.4) is 0 Å². The first-order valence-electron chi connectivity index (χ1n) is 10.8. The molecule has 4 aromatic rings. The molecule has 0 saturated carbocycles. The lowest BCUT2D eigenvalue weighted by Crippen LogP contribution is -2.50. The van der Waals surface area contributed by atoms with Crippen LogP contribution in [0.4, 0.5) is 10.3 Å². The summed E-state index contributed by atoms with van der Waals surface area (Å²) in [5, 5.41) is 0. The van der Waals surface area contributed by atoms with Crippen molar-refractivity contribution in [3.05, 3.63) is 95.8 Å². The van der Waals surface area contributed by atoms with Crippen molar-refractivity contribution in [2.45, 2.75) is 19.5 Å². The quantitative estimate of drug-likeness (QED) is 0.337. The molecule has 3 aromatic carbocycles. The van der Waals surface area contributed by atoms with Gasteiger partial charge >= 0.3 is 5.97 Å². The van der Waals surface area contributed by atoms with Gasteiger partial charge in [0.2, 0.25) is 11.9 Å². The molecule has 1 aromatic heterocycles. The van der Waals surface area contributed by atoms with Crippen molar-refractivity contribution in [3.63, 3.8) is 0 Å². The molecule has 6 nitrogen and oxygen atoms in total. The van der Waals surface area contributed by atoms with Gasteiger partial charge in [-0.2, -0.15) is 0 Å². The highest BCUT2D eigenvalue weighted by atomic mass is 19.1. The number of para-hydroxylation sites is 2. The molecular formula is C26H22FN3O3. The van der Waals surface area contributed by atoms with Gasteiger partial charge in [0.1, 0.15) is 5.82 Å². The normalized spacial score (nSPS) is 17.8. The third-order valence-electron chi connectivity index (χ3n) is 5.89. The molecule has 7 heteroatoms. The van der Waals surface area contributed by atoms with E-state index in [4.69, 9.17) is 9.72 Å². The van der Waals surface area contributed by atoms with Gasteiger partial charge in [0.25, 0.3) is 0 Å². The molecule has 0 fully saturated rings. The first-order chi connectivity index (χ1) is 16.1. The van der Waals surface area contributed by atoms with Crippen LogP contribution in [0.5, 0.6) is 0 Å². The Morgan fingerprint density at radius 2 is 1.70 bits per heavy atom. The zero-order valence-electron chi connectivity index (χ0n) is 18.0. The van der Waals surface area contributed by atoms with E-state index in [0.29, 0.717) is 17.0 Å². The Hall–Kier alpha value is -4.00. The summed E-state index contributed by atoms with van der Waals surface area (Å²) in [4.78, 5) is 33.2. The minimum absolute atomic E-state index is 0.114. The molecule has 0 radical (unpaired) electrons. The van der Waals surface area contributed by atoms with Crippen molar-refractivity contribution in [2.24, 2.45) is 5.92 Å². The van der Waals surface area contributed by atoms with Gasteiger partial charge in [0.15, 0.2) is 5.92 Å². The number of carbonyl (C=O) groups is 2. The summed E-state index contributed by atoms with van der Waals surface area (Å²) in [7, 11) is 0. The van der Waals surface area contributed by atoms with Crippen molar-refractivity contribution in [3.8, 4) is 0 Å². The van der Waals surface area contributed by atoms with Crippen molar-refractivity contribution < 1.29 is 18.7 Å². The predicted octanol–water partition coefficient (Wildman–Crippen LogP) is 4.49. The zero-order chi connectivity index (χ0) is 22.9. The summed E-state index contributed by atoms with van der Waals surface area (Å²) < 4.78 is 22.2. The average molecular weight is 443 g/mol. The molecule has 0 N–H and O–H groups in total. The van der Waals surface area contributed by atoms with E-state index in [1.165, 1.54) is 11.0 Å². The standard InChI is InChI=1S/C26H22FN3O3/c1-2-33-25(32)22-23(18-12-6-7-13-19(18)27)30-21-15-9-8-14-20(21)28-26(30)29(24(22)31)16-17-10-4-3-5-11-17/h3-15,22-23H,2,16H2,1H3. The van der Waals surface area contributed by atoms with Crippen molar-refractivity contribution in [1.82, 2.24) is 9.55 Å². The molecule has 166 valence electrons. The second-order valence-corrected chi connectivity index (χ2v) is 7.88. The van der Waals surface area contributed by atoms with Crippen LogP contribution < -0.4 is 4.90 Å². The predicted molar refractivity (Wildman–Crippen MR) is 122 cm³/mol. The summed E-state index contributed by atoms with van der Waals surface area (Å²) in [6.45, 7) is 2.02. The van der Waals surface area contributed by atoms with Crippen LogP contribution in [-0.2, 0) is 20.9 Å². The van der Waals surface area contributed by atoms with Crippen molar-refractivity contribution in [1.29, 1.82) is 0 Å². The molecule has 2 atom stereocenters. The topological polar surface area (TPSA) is 64.4 Å². The lowest BCUT2D eigenvalue weighted by atomic mass is 9.89. The zero-order valence-corrected chi connectivity index (χ0v) is 18.0. The molecule has 1 amide bonds. The Balaban J connectivity index is 1.77. The molecule has 0 spiro atoms. The molecule has 1 aliphatic heterocycles. The van der Waals surface area contributed by atoms with Crippen LogP contribution in [0.25, 0.3) is 11.0 Å². The Morgan fingerprint density at radius 1 is 1.00 bits per heavy atom. The second kappa shape index (κ2) is 8.50. The van der Waals surface area contributed by atoms with Crippen LogP contribution >= 0.6 is 0 Å². The number of hydrogen-bond donors (Lipinski definition) is 0. The maximum absolute atomic E-state index is 15.1. The average Bonchev–Trinajstić information content (AvgIpc) is 3.21. The highest BCUT2D eigenvalue weighted by molar-refractivity contribution is 6.08. The number of benzene rings is 3. The number of ether oxygens (including phenoxy) is 1. The fourth-order valence-corrected chi connectivity index (χ4v) is 4.46. The van der Waals surface area contributed by atoms with E-state index in [2.05, 4.69) is 0 Å². The van der Waals surface area contributed by atoms with Gasteiger partial charge < -0.3 is 9.30 Å². The SMILES string of the molecule is CCOC(=O)C1C(=O)N(Cc2ccccc2)c2nc3ccccc3n2C1c1ccccc1F.